The summed E-state index contributed by atoms with van der Waals surface area (Å²) >= 11 is 0. The third kappa shape index (κ3) is 11.4. The zero-order chi connectivity index (χ0) is 66.3. The number of hydrogen-bond acceptors (Lipinski definition) is 1. The maximum atomic E-state index is 15.8. The van der Waals surface area contributed by atoms with Gasteiger partial charge in [-0.1, -0.05) is 71.8 Å². The third-order valence-corrected chi connectivity index (χ3v) is 16.1. The minimum Gasteiger partial charge on any atom is -0.309 e. The van der Waals surface area contributed by atoms with E-state index in [0.717, 1.165) is 53.1 Å². The number of benzene rings is 10. The Balaban J connectivity index is 1.20. The fourth-order valence-electron chi connectivity index (χ4n) is 12.2. The smallest absolute Gasteiger partial charge is 0.309 e. The molecule has 0 radical (unpaired) electrons. The van der Waals surface area contributed by atoms with Crippen molar-refractivity contribution in [3.63, 3.8) is 0 Å². The summed E-state index contributed by atoms with van der Waals surface area (Å²) in [5, 5.41) is 12.1. The number of aromatic nitrogens is 2. The Morgan fingerprint density at radius 1 is 0.272 bits per heavy atom. The van der Waals surface area contributed by atoms with Crippen LogP contribution >= 0.6 is 0 Å². The molecule has 12 aromatic rings. The zero-order valence-electron chi connectivity index (χ0n) is 47.9. The van der Waals surface area contributed by atoms with Gasteiger partial charge >= 0.3 is 37.1 Å². The van der Waals surface area contributed by atoms with Crippen molar-refractivity contribution >= 4 is 43.6 Å². The number of fused-ring (bicyclic) bond motifs is 6. The van der Waals surface area contributed by atoms with Gasteiger partial charge in [0.25, 0.3) is 0 Å². The van der Waals surface area contributed by atoms with Gasteiger partial charge in [0.2, 0.25) is 0 Å². The summed E-state index contributed by atoms with van der Waals surface area (Å²) in [5.74, 6) is 0. The van der Waals surface area contributed by atoms with Crippen LogP contribution in [0.3, 0.4) is 0 Å². The van der Waals surface area contributed by atoms with Crippen LogP contribution in [0.25, 0.3) is 111 Å². The molecule has 0 amide bonds. The molecule has 0 aliphatic heterocycles. The Morgan fingerprint density at radius 2 is 0.598 bits per heavy atom. The standard InChI is InChI=1S/C71H41F18N3/c1-35-15-36(2)17-43(16-35)39-5-13-62-56(26-39)57-28-41(45-19-38(4)21-50(23-45)68(78,79)80)7-14-63(57)92(62)65-30-47(34-90)64(33-58(65)53-10-9-48(66(72,73)74)32-59(53)71(87,88)89)91-60-11-6-40(44-18-37(3)20-49(22-44)67(75,76)77)27-54(60)55-29-42(8-12-61(55)91)46-24-51(69(81,82)83)31-52(25-46)70(84,85)86/h5-33H,1-4H3. The van der Waals surface area contributed by atoms with Crippen molar-refractivity contribution in [3.05, 3.63) is 237 Å². The molecule has 466 valence electrons. The summed E-state index contributed by atoms with van der Waals surface area (Å²) in [6.07, 6.45) is -31.0. The predicted molar refractivity (Wildman–Crippen MR) is 316 cm³/mol. The van der Waals surface area contributed by atoms with Crippen molar-refractivity contribution in [1.29, 1.82) is 5.26 Å². The second-order valence-electron chi connectivity index (χ2n) is 22.7. The summed E-state index contributed by atoms with van der Waals surface area (Å²) in [5.41, 5.74) is -7.43. The van der Waals surface area contributed by atoms with Gasteiger partial charge in [-0.3, -0.25) is 0 Å². The van der Waals surface area contributed by atoms with Gasteiger partial charge in [-0.25, -0.2) is 0 Å². The lowest BCUT2D eigenvalue weighted by molar-refractivity contribution is -0.144. The Labute approximate surface area is 510 Å². The van der Waals surface area contributed by atoms with E-state index in [0.29, 0.717) is 40.6 Å². The second kappa shape index (κ2) is 21.6. The summed E-state index contributed by atoms with van der Waals surface area (Å²) in [4.78, 5) is 0. The van der Waals surface area contributed by atoms with Gasteiger partial charge in [0.05, 0.1) is 72.4 Å². The van der Waals surface area contributed by atoms with Crippen LogP contribution in [0.15, 0.2) is 176 Å². The highest BCUT2D eigenvalue weighted by Crippen LogP contribution is 2.49. The first-order valence-corrected chi connectivity index (χ1v) is 27.7. The molecule has 0 fully saturated rings. The van der Waals surface area contributed by atoms with Crippen LogP contribution in [0, 0.1) is 39.0 Å². The molecule has 2 aromatic heterocycles. The van der Waals surface area contributed by atoms with Gasteiger partial charge < -0.3 is 9.13 Å². The first-order valence-electron chi connectivity index (χ1n) is 27.7. The predicted octanol–water partition coefficient (Wildman–Crippen LogP) is 23.4. The molecule has 10 aromatic carbocycles. The molecule has 0 spiro atoms. The molecule has 0 atom stereocenters. The highest BCUT2D eigenvalue weighted by atomic mass is 19.4. The molecule has 0 unspecified atom stereocenters. The maximum absolute atomic E-state index is 15.8. The minimum atomic E-state index is -5.54. The van der Waals surface area contributed by atoms with Crippen LogP contribution in [0.1, 0.15) is 61.2 Å². The highest BCUT2D eigenvalue weighted by Gasteiger charge is 2.41. The highest BCUT2D eigenvalue weighted by molar-refractivity contribution is 6.14. The average molecular weight is 1280 g/mol. The second-order valence-corrected chi connectivity index (χ2v) is 22.7. The van der Waals surface area contributed by atoms with Gasteiger partial charge in [0.15, 0.2) is 0 Å². The Hall–Kier alpha value is -9.97. The molecule has 21 heteroatoms. The molecule has 0 saturated heterocycles. The summed E-state index contributed by atoms with van der Waals surface area (Å²) in [6, 6.07) is 35.8. The quantitative estimate of drug-likeness (QED) is 0.146. The molecule has 12 rings (SSSR count). The van der Waals surface area contributed by atoms with E-state index in [2.05, 4.69) is 6.07 Å². The van der Waals surface area contributed by atoms with Crippen LogP contribution in [-0.4, -0.2) is 9.13 Å². The minimum absolute atomic E-state index is 0.000308. The lowest BCUT2D eigenvalue weighted by Crippen LogP contribution is -2.13. The van der Waals surface area contributed by atoms with E-state index in [-0.39, 0.29) is 101 Å². The van der Waals surface area contributed by atoms with Crippen LogP contribution in [0.4, 0.5) is 79.0 Å². The molecule has 3 nitrogen and oxygen atoms in total. The van der Waals surface area contributed by atoms with Crippen LogP contribution in [0.5, 0.6) is 0 Å². The summed E-state index contributed by atoms with van der Waals surface area (Å²) in [7, 11) is 0. The van der Waals surface area contributed by atoms with Crippen molar-refractivity contribution < 1.29 is 79.0 Å². The number of hydrogen-bond donors (Lipinski definition) is 0. The van der Waals surface area contributed by atoms with Crippen molar-refractivity contribution in [2.75, 3.05) is 0 Å². The Morgan fingerprint density at radius 3 is 0.946 bits per heavy atom. The number of aryl methyl sites for hydroxylation is 4. The molecule has 0 aliphatic carbocycles. The van der Waals surface area contributed by atoms with Crippen molar-refractivity contribution in [1.82, 2.24) is 9.13 Å². The molecule has 2 heterocycles. The summed E-state index contributed by atoms with van der Waals surface area (Å²) in [6.45, 7) is 6.60. The van der Waals surface area contributed by atoms with Crippen LogP contribution in [-0.2, 0) is 37.1 Å². The fourth-order valence-corrected chi connectivity index (χ4v) is 12.2. The lowest BCUT2D eigenvalue weighted by Gasteiger charge is -2.22. The molecule has 0 aliphatic rings. The van der Waals surface area contributed by atoms with Crippen molar-refractivity contribution in [3.8, 4) is 73.1 Å². The number of nitrogens with zero attached hydrogens (tertiary/aromatic N) is 3. The normalized spacial score (nSPS) is 12.9. The monoisotopic (exact) mass is 1280 g/mol. The van der Waals surface area contributed by atoms with Crippen LogP contribution in [0.2, 0.25) is 0 Å². The van der Waals surface area contributed by atoms with E-state index in [1.807, 2.05) is 32.0 Å². The molecular weight excluding hydrogens is 1240 g/mol. The van der Waals surface area contributed by atoms with Gasteiger partial charge in [0, 0.05) is 27.1 Å². The number of rotatable bonds is 7. The van der Waals surface area contributed by atoms with E-state index in [1.54, 1.807) is 24.3 Å². The molecular formula is C71H41F18N3. The lowest BCUT2D eigenvalue weighted by atomic mass is 9.93. The molecule has 0 bridgehead atoms. The molecule has 92 heavy (non-hydrogen) atoms. The average Bonchev–Trinajstić information content (AvgIpc) is 1.53. The summed E-state index contributed by atoms with van der Waals surface area (Å²) < 4.78 is 266. The zero-order valence-corrected chi connectivity index (χ0v) is 47.9. The van der Waals surface area contributed by atoms with E-state index >= 15 is 13.2 Å². The van der Waals surface area contributed by atoms with Gasteiger partial charge in [0.1, 0.15) is 6.07 Å². The van der Waals surface area contributed by atoms with Crippen molar-refractivity contribution in [2.45, 2.75) is 64.8 Å². The first-order chi connectivity index (χ1) is 42.9. The van der Waals surface area contributed by atoms with Crippen LogP contribution < -0.4 is 0 Å². The Bertz CT molecular complexity index is 5020. The number of halogens is 18. The van der Waals surface area contributed by atoms with Gasteiger partial charge in [-0.2, -0.15) is 84.3 Å². The molecule has 0 N–H and O–H groups in total. The van der Waals surface area contributed by atoms with Gasteiger partial charge in [-0.15, -0.1) is 0 Å². The number of alkyl halides is 18. The number of nitriles is 1. The largest absolute Gasteiger partial charge is 0.417 e. The van der Waals surface area contributed by atoms with E-state index in [9.17, 15) is 71.1 Å². The van der Waals surface area contributed by atoms with Gasteiger partial charge in [-0.05, 0) is 204 Å². The fraction of sp³-hybridized carbons (Fsp3) is 0.141. The van der Waals surface area contributed by atoms with E-state index in [1.165, 1.54) is 83.6 Å². The molecule has 0 saturated carbocycles. The van der Waals surface area contributed by atoms with E-state index in [4.69, 9.17) is 0 Å². The van der Waals surface area contributed by atoms with E-state index < -0.39 is 87.1 Å². The van der Waals surface area contributed by atoms with Crippen molar-refractivity contribution in [2.24, 2.45) is 0 Å². The Kier molecular flexibility index (Phi) is 14.6. The maximum Gasteiger partial charge on any atom is 0.417 e. The third-order valence-electron chi connectivity index (χ3n) is 16.1. The first kappa shape index (κ1) is 62.2. The topological polar surface area (TPSA) is 33.6 Å². The SMILES string of the molecule is Cc1cc(C)cc(-c2ccc3c(c2)c2cc(-c4cc(C)cc(C(F)(F)F)c4)ccc2n3-c2cc(C#N)c(-n3c4ccc(-c5cc(C)cc(C(F)(F)F)c5)cc4c4cc(-c5cc(C(F)(F)F)cc(C(F)(F)F)c5)ccc43)cc2-c2ccc(C(F)(F)F)cc2C(F)(F)F)c1.